The summed E-state index contributed by atoms with van der Waals surface area (Å²) in [5.74, 6) is 0. The van der Waals surface area contributed by atoms with Crippen LogP contribution in [0.2, 0.25) is 0 Å². The first-order valence-electron chi connectivity index (χ1n) is 9.88. The van der Waals surface area contributed by atoms with Crippen molar-refractivity contribution in [2.45, 2.75) is 102 Å². The fourth-order valence-corrected chi connectivity index (χ4v) is 3.41. The molecule has 3 N–H and O–H groups in total. The predicted octanol–water partition coefficient (Wildman–Crippen LogP) is 3.12. The number of rotatable bonds is 14. The molecule has 1 heterocycles. The molecule has 5 nitrogen and oxygen atoms in total. The predicted molar refractivity (Wildman–Crippen MR) is 103 cm³/mol. The minimum absolute atomic E-state index is 0.0525. The molecule has 1 aliphatic heterocycles. The van der Waals surface area contributed by atoms with E-state index >= 15 is 0 Å². The SMILES string of the molecule is CCCCCCCCCCCCC(=S)O[C@@H](CO)[C@@H]1OC[C@@H](O)[C@@H]1O. The van der Waals surface area contributed by atoms with Crippen LogP contribution < -0.4 is 0 Å². The number of aliphatic hydroxyl groups excluding tert-OH is 3. The zero-order valence-corrected chi connectivity index (χ0v) is 16.4. The lowest BCUT2D eigenvalue weighted by atomic mass is 10.1. The van der Waals surface area contributed by atoms with Crippen LogP contribution in [0.3, 0.4) is 0 Å². The molecular formula is C19H36O5S. The Labute approximate surface area is 157 Å². The smallest absolute Gasteiger partial charge is 0.160 e. The molecule has 0 radical (unpaired) electrons. The highest BCUT2D eigenvalue weighted by Crippen LogP contribution is 2.20. The van der Waals surface area contributed by atoms with Crippen LogP contribution in [0.5, 0.6) is 0 Å². The molecule has 0 spiro atoms. The second-order valence-corrected chi connectivity index (χ2v) is 7.45. The zero-order chi connectivity index (χ0) is 18.5. The Morgan fingerprint density at radius 1 is 1.04 bits per heavy atom. The first kappa shape index (κ1) is 22.8. The van der Waals surface area contributed by atoms with Gasteiger partial charge in [0, 0.05) is 6.42 Å². The minimum atomic E-state index is -1.04. The molecule has 1 aliphatic rings. The maximum atomic E-state index is 9.83. The first-order valence-corrected chi connectivity index (χ1v) is 10.3. The van der Waals surface area contributed by atoms with Gasteiger partial charge in [-0.15, -0.1) is 0 Å². The van der Waals surface area contributed by atoms with Crippen LogP contribution in [-0.2, 0) is 9.47 Å². The maximum Gasteiger partial charge on any atom is 0.160 e. The summed E-state index contributed by atoms with van der Waals surface area (Å²) in [7, 11) is 0. The Morgan fingerprint density at radius 3 is 2.08 bits per heavy atom. The Balaban J connectivity index is 2.04. The molecule has 148 valence electrons. The zero-order valence-electron chi connectivity index (χ0n) is 15.6. The Kier molecular flexibility index (Phi) is 12.6. The van der Waals surface area contributed by atoms with Crippen molar-refractivity contribution in [2.75, 3.05) is 13.2 Å². The molecule has 0 amide bonds. The van der Waals surface area contributed by atoms with Crippen molar-refractivity contribution < 1.29 is 24.8 Å². The van der Waals surface area contributed by atoms with E-state index in [2.05, 4.69) is 6.92 Å². The van der Waals surface area contributed by atoms with Gasteiger partial charge in [0.1, 0.15) is 18.3 Å². The second-order valence-electron chi connectivity index (χ2n) is 7.00. The van der Waals surface area contributed by atoms with Gasteiger partial charge in [0.05, 0.1) is 13.2 Å². The van der Waals surface area contributed by atoms with Gasteiger partial charge in [-0.25, -0.2) is 0 Å². The number of unbranched alkanes of at least 4 members (excludes halogenated alkanes) is 9. The van der Waals surface area contributed by atoms with E-state index in [9.17, 15) is 15.3 Å². The number of ether oxygens (including phenoxy) is 2. The Hall–Kier alpha value is -0.270. The highest BCUT2D eigenvalue weighted by molar-refractivity contribution is 7.80. The lowest BCUT2D eigenvalue weighted by Crippen LogP contribution is -2.42. The number of thiocarbonyl (C=S) groups is 1. The summed E-state index contributed by atoms with van der Waals surface area (Å²) in [5.41, 5.74) is 0. The van der Waals surface area contributed by atoms with Crippen LogP contribution in [0.15, 0.2) is 0 Å². The molecule has 1 rings (SSSR count). The Morgan fingerprint density at radius 2 is 1.60 bits per heavy atom. The van der Waals surface area contributed by atoms with E-state index in [1.165, 1.54) is 51.4 Å². The summed E-state index contributed by atoms with van der Waals surface area (Å²) in [6.45, 7) is 1.99. The molecule has 0 aromatic rings. The van der Waals surface area contributed by atoms with E-state index in [-0.39, 0.29) is 13.2 Å². The molecule has 25 heavy (non-hydrogen) atoms. The van der Waals surface area contributed by atoms with E-state index in [1.807, 2.05) is 0 Å². The fraction of sp³-hybridized carbons (Fsp3) is 0.947. The molecule has 0 unspecified atom stereocenters. The van der Waals surface area contributed by atoms with E-state index in [4.69, 9.17) is 21.7 Å². The fourth-order valence-electron chi connectivity index (χ4n) is 3.15. The lowest BCUT2D eigenvalue weighted by Gasteiger charge is -2.25. The van der Waals surface area contributed by atoms with Gasteiger partial charge >= 0.3 is 0 Å². The van der Waals surface area contributed by atoms with Crippen LogP contribution in [-0.4, -0.2) is 58.0 Å². The third-order valence-electron chi connectivity index (χ3n) is 4.75. The van der Waals surface area contributed by atoms with Crippen LogP contribution in [0.4, 0.5) is 0 Å². The van der Waals surface area contributed by atoms with Gasteiger partial charge in [-0.05, 0) is 18.6 Å². The van der Waals surface area contributed by atoms with Crippen LogP contribution in [0.25, 0.3) is 0 Å². The average molecular weight is 377 g/mol. The van der Waals surface area contributed by atoms with Gasteiger partial charge in [-0.1, -0.05) is 64.7 Å². The molecule has 1 fully saturated rings. The van der Waals surface area contributed by atoms with Crippen LogP contribution >= 0.6 is 12.2 Å². The normalized spacial score (nSPS) is 24.4. The lowest BCUT2D eigenvalue weighted by molar-refractivity contribution is -0.0621. The van der Waals surface area contributed by atoms with E-state index in [1.54, 1.807) is 0 Å². The molecule has 0 aromatic heterocycles. The molecule has 0 bridgehead atoms. The average Bonchev–Trinajstić information content (AvgIpc) is 2.93. The number of hydrogen-bond acceptors (Lipinski definition) is 6. The van der Waals surface area contributed by atoms with Gasteiger partial charge < -0.3 is 24.8 Å². The van der Waals surface area contributed by atoms with E-state index in [0.717, 1.165) is 12.8 Å². The van der Waals surface area contributed by atoms with E-state index in [0.29, 0.717) is 11.5 Å². The molecule has 4 atom stereocenters. The summed E-state index contributed by atoms with van der Waals surface area (Å²) < 4.78 is 10.9. The van der Waals surface area contributed by atoms with Crippen LogP contribution in [0.1, 0.15) is 77.6 Å². The standard InChI is InChI=1S/C19H36O5S/c1-2-3-4-5-6-7-8-9-10-11-12-17(25)24-16(13-20)19-18(22)15(21)14-23-19/h15-16,18-22H,2-14H2,1H3/t15-,16+,18+,19+/m1/s1. The quantitative estimate of drug-likeness (QED) is 0.319. The second kappa shape index (κ2) is 13.9. The van der Waals surface area contributed by atoms with Crippen molar-refractivity contribution in [1.82, 2.24) is 0 Å². The third-order valence-corrected chi connectivity index (χ3v) is 5.05. The van der Waals surface area contributed by atoms with Crippen molar-refractivity contribution in [3.8, 4) is 0 Å². The molecule has 6 heteroatoms. The molecular weight excluding hydrogens is 340 g/mol. The number of aliphatic hydroxyl groups is 3. The highest BCUT2D eigenvalue weighted by Gasteiger charge is 2.41. The van der Waals surface area contributed by atoms with Gasteiger partial charge in [-0.3, -0.25) is 0 Å². The van der Waals surface area contributed by atoms with Gasteiger partial charge in [0.2, 0.25) is 0 Å². The maximum absolute atomic E-state index is 9.83. The topological polar surface area (TPSA) is 79.2 Å². The summed E-state index contributed by atoms with van der Waals surface area (Å²) in [6, 6.07) is 0. The Bertz CT molecular complexity index is 353. The van der Waals surface area contributed by atoms with Crippen molar-refractivity contribution >= 4 is 17.3 Å². The van der Waals surface area contributed by atoms with Crippen molar-refractivity contribution in [3.05, 3.63) is 0 Å². The van der Waals surface area contributed by atoms with Crippen LogP contribution in [0, 0.1) is 0 Å². The summed E-state index contributed by atoms with van der Waals surface area (Å²) in [4.78, 5) is 0. The minimum Gasteiger partial charge on any atom is -0.479 e. The summed E-state index contributed by atoms with van der Waals surface area (Å²) in [5, 5.41) is 29.2. The number of hydrogen-bond donors (Lipinski definition) is 3. The molecule has 0 aromatic carbocycles. The van der Waals surface area contributed by atoms with Gasteiger partial charge in [-0.2, -0.15) is 0 Å². The van der Waals surface area contributed by atoms with Gasteiger partial charge in [0.25, 0.3) is 0 Å². The largest absolute Gasteiger partial charge is 0.479 e. The summed E-state index contributed by atoms with van der Waals surface area (Å²) in [6.07, 6.45) is 9.88. The highest BCUT2D eigenvalue weighted by atomic mass is 32.1. The monoisotopic (exact) mass is 376 g/mol. The van der Waals surface area contributed by atoms with Crippen molar-refractivity contribution in [3.63, 3.8) is 0 Å². The van der Waals surface area contributed by atoms with Crippen molar-refractivity contribution in [2.24, 2.45) is 0 Å². The first-order chi connectivity index (χ1) is 12.1. The summed E-state index contributed by atoms with van der Waals surface area (Å²) >= 11 is 5.23. The molecule has 0 aliphatic carbocycles. The van der Waals surface area contributed by atoms with E-state index < -0.39 is 24.4 Å². The molecule has 1 saturated heterocycles. The molecule has 0 saturated carbocycles. The third kappa shape index (κ3) is 9.29. The van der Waals surface area contributed by atoms with Gasteiger partial charge in [0.15, 0.2) is 11.2 Å². The van der Waals surface area contributed by atoms with Crippen molar-refractivity contribution in [1.29, 1.82) is 0 Å².